The summed E-state index contributed by atoms with van der Waals surface area (Å²) in [6.45, 7) is 0. The first-order valence-corrected chi connectivity index (χ1v) is 2.95. The SMILES string of the molecule is CS(C)=O.O.O.O.O.O.O. The Morgan fingerprint density at radius 3 is 0.700 bits per heavy atom. The van der Waals surface area contributed by atoms with E-state index in [1.807, 2.05) is 0 Å². The Hall–Kier alpha value is -0.0900. The molecule has 10 heavy (non-hydrogen) atoms. The molecule has 0 bridgehead atoms. The second kappa shape index (κ2) is 65.8. The largest absolute Gasteiger partial charge is 0.412 e. The van der Waals surface area contributed by atoms with E-state index >= 15 is 0 Å². The molecule has 0 aromatic carbocycles. The van der Waals surface area contributed by atoms with E-state index in [4.69, 9.17) is 0 Å². The second-order valence-electron chi connectivity index (χ2n) is 0.742. The van der Waals surface area contributed by atoms with Crippen LogP contribution in [0.5, 0.6) is 0 Å². The summed E-state index contributed by atoms with van der Waals surface area (Å²) >= 11 is 0. The Morgan fingerprint density at radius 2 is 0.700 bits per heavy atom. The summed E-state index contributed by atoms with van der Waals surface area (Å²) in [6.07, 6.45) is 3.28. The molecule has 0 aromatic heterocycles. The Morgan fingerprint density at radius 1 is 0.700 bits per heavy atom. The third-order valence-electron chi connectivity index (χ3n) is 0. The van der Waals surface area contributed by atoms with Crippen molar-refractivity contribution in [3.63, 3.8) is 0 Å². The highest BCUT2D eigenvalue weighted by Crippen LogP contribution is 1.47. The van der Waals surface area contributed by atoms with Gasteiger partial charge in [0.05, 0.1) is 0 Å². The van der Waals surface area contributed by atoms with Gasteiger partial charge in [-0.15, -0.1) is 0 Å². The van der Waals surface area contributed by atoms with Crippen LogP contribution >= 0.6 is 0 Å². The van der Waals surface area contributed by atoms with Gasteiger partial charge in [0, 0.05) is 23.3 Å². The maximum Gasteiger partial charge on any atom is 0.0148 e. The molecule has 0 saturated heterocycles. The van der Waals surface area contributed by atoms with Crippen LogP contribution in [0.3, 0.4) is 0 Å². The number of hydrogen-bond donors (Lipinski definition) is 0. The van der Waals surface area contributed by atoms with Crippen LogP contribution in [0.15, 0.2) is 0 Å². The fourth-order valence-corrected chi connectivity index (χ4v) is 0. The van der Waals surface area contributed by atoms with Gasteiger partial charge in [0.15, 0.2) is 0 Å². The molecule has 0 heterocycles. The highest BCUT2D eigenvalue weighted by molar-refractivity contribution is 7.83. The normalized spacial score (nSPS) is 3.50. The molecule has 0 saturated carbocycles. The predicted octanol–water partition coefficient (Wildman–Crippen LogP) is -4.95. The van der Waals surface area contributed by atoms with Gasteiger partial charge < -0.3 is 32.9 Å². The van der Waals surface area contributed by atoms with Gasteiger partial charge in [-0.1, -0.05) is 0 Å². The molecule has 0 aliphatic heterocycles. The summed E-state index contributed by atoms with van der Waals surface area (Å²) in [7, 11) is -0.611. The van der Waals surface area contributed by atoms with Crippen molar-refractivity contribution in [1.29, 1.82) is 0 Å². The van der Waals surface area contributed by atoms with Crippen LogP contribution in [0.1, 0.15) is 0 Å². The van der Waals surface area contributed by atoms with Crippen LogP contribution in [0.2, 0.25) is 0 Å². The van der Waals surface area contributed by atoms with Crippen molar-refractivity contribution >= 4 is 10.8 Å². The van der Waals surface area contributed by atoms with E-state index in [-0.39, 0.29) is 32.9 Å². The lowest BCUT2D eigenvalue weighted by Crippen LogP contribution is -1.70. The van der Waals surface area contributed by atoms with E-state index in [2.05, 4.69) is 0 Å². The minimum atomic E-state index is -0.611. The smallest absolute Gasteiger partial charge is 0.0148 e. The van der Waals surface area contributed by atoms with Gasteiger partial charge in [-0.05, 0) is 0 Å². The molecule has 8 heteroatoms. The summed E-state index contributed by atoms with van der Waals surface area (Å²) in [5.74, 6) is 0. The van der Waals surface area contributed by atoms with Crippen LogP contribution in [-0.4, -0.2) is 49.6 Å². The first-order chi connectivity index (χ1) is 1.73. The second-order valence-corrected chi connectivity index (χ2v) is 2.22. The van der Waals surface area contributed by atoms with Crippen LogP contribution in [0, 0.1) is 0 Å². The highest BCUT2D eigenvalue weighted by Gasteiger charge is 1.57. The molecule has 0 aromatic rings. The van der Waals surface area contributed by atoms with E-state index in [0.717, 1.165) is 0 Å². The van der Waals surface area contributed by atoms with Gasteiger partial charge in [-0.3, -0.25) is 4.21 Å². The van der Waals surface area contributed by atoms with Crippen molar-refractivity contribution in [2.75, 3.05) is 12.5 Å². The molecule has 0 aliphatic carbocycles. The van der Waals surface area contributed by atoms with Crippen LogP contribution in [-0.2, 0) is 10.8 Å². The molecule has 0 unspecified atom stereocenters. The van der Waals surface area contributed by atoms with Crippen molar-refractivity contribution in [3.05, 3.63) is 0 Å². The molecular weight excluding hydrogens is 168 g/mol. The standard InChI is InChI=1S/C2H6OS.6H2O/c1-4(2)3;;;;;;/h1-2H3;6*1H2. The minimum Gasteiger partial charge on any atom is -0.412 e. The van der Waals surface area contributed by atoms with Crippen LogP contribution < -0.4 is 0 Å². The summed E-state index contributed by atoms with van der Waals surface area (Å²) in [6, 6.07) is 0. The van der Waals surface area contributed by atoms with E-state index in [1.165, 1.54) is 0 Å². The minimum absolute atomic E-state index is 0. The maximum atomic E-state index is 9.56. The summed E-state index contributed by atoms with van der Waals surface area (Å²) in [4.78, 5) is 0. The zero-order valence-electron chi connectivity index (χ0n) is 5.82. The number of rotatable bonds is 0. The Kier molecular flexibility index (Phi) is 612. The first-order valence-electron chi connectivity index (χ1n) is 0.983. The van der Waals surface area contributed by atoms with Crippen molar-refractivity contribution in [1.82, 2.24) is 0 Å². The topological polar surface area (TPSA) is 206 Å². The number of hydrogen-bond acceptors (Lipinski definition) is 1. The van der Waals surface area contributed by atoms with Crippen LogP contribution in [0.25, 0.3) is 0 Å². The summed E-state index contributed by atoms with van der Waals surface area (Å²) in [5.41, 5.74) is 0. The van der Waals surface area contributed by atoms with E-state index in [1.54, 1.807) is 12.5 Å². The average Bonchev–Trinajstić information content (AvgIpc) is 0.811. The van der Waals surface area contributed by atoms with Crippen LogP contribution in [0.4, 0.5) is 0 Å². The third kappa shape index (κ3) is 46600. The molecule has 7 nitrogen and oxygen atoms in total. The fourth-order valence-electron chi connectivity index (χ4n) is 0. The molecule has 74 valence electrons. The first kappa shape index (κ1) is 92.9. The zero-order valence-corrected chi connectivity index (χ0v) is 6.63. The van der Waals surface area contributed by atoms with Crippen molar-refractivity contribution in [2.24, 2.45) is 0 Å². The van der Waals surface area contributed by atoms with Gasteiger partial charge in [-0.25, -0.2) is 0 Å². The Labute approximate surface area is 61.4 Å². The Balaban J connectivity index is -0.00000000300. The average molecular weight is 186 g/mol. The van der Waals surface area contributed by atoms with E-state index < -0.39 is 10.8 Å². The third-order valence-corrected chi connectivity index (χ3v) is 0. The molecule has 0 atom stereocenters. The molecule has 12 N–H and O–H groups in total. The summed E-state index contributed by atoms with van der Waals surface area (Å²) in [5, 5.41) is 0. The van der Waals surface area contributed by atoms with Gasteiger partial charge in [0.2, 0.25) is 0 Å². The van der Waals surface area contributed by atoms with Gasteiger partial charge >= 0.3 is 0 Å². The van der Waals surface area contributed by atoms with Crippen molar-refractivity contribution < 1.29 is 37.1 Å². The van der Waals surface area contributed by atoms with Crippen molar-refractivity contribution in [2.45, 2.75) is 0 Å². The lowest BCUT2D eigenvalue weighted by Gasteiger charge is -1.60. The molecule has 0 rings (SSSR count). The predicted molar refractivity (Wildman–Crippen MR) is 41.7 cm³/mol. The lowest BCUT2D eigenvalue weighted by molar-refractivity contribution is 0.690. The quantitative estimate of drug-likeness (QED) is 0.357. The zero-order chi connectivity index (χ0) is 3.58. The molecule has 0 amide bonds. The summed E-state index contributed by atoms with van der Waals surface area (Å²) < 4.78 is 9.56. The molecular formula is C2H18O7S. The van der Waals surface area contributed by atoms with Gasteiger partial charge in [0.25, 0.3) is 0 Å². The lowest BCUT2D eigenvalue weighted by atomic mass is 11.9. The molecule has 0 radical (unpaired) electrons. The maximum absolute atomic E-state index is 9.56. The van der Waals surface area contributed by atoms with E-state index in [0.29, 0.717) is 0 Å². The fraction of sp³-hybridized carbons (Fsp3) is 1.00. The molecule has 0 spiro atoms. The van der Waals surface area contributed by atoms with Gasteiger partial charge in [0.1, 0.15) is 0 Å². The highest BCUT2D eigenvalue weighted by atomic mass is 32.2. The van der Waals surface area contributed by atoms with Crippen molar-refractivity contribution in [3.8, 4) is 0 Å². The monoisotopic (exact) mass is 186 g/mol. The Bertz CT molecular complexity index is 34.6. The molecule has 0 aliphatic rings. The molecule has 0 fully saturated rings. The van der Waals surface area contributed by atoms with E-state index in [9.17, 15) is 4.21 Å². The van der Waals surface area contributed by atoms with Gasteiger partial charge in [-0.2, -0.15) is 0 Å².